The highest BCUT2D eigenvalue weighted by Gasteiger charge is 2.27. The third kappa shape index (κ3) is 7.31. The van der Waals surface area contributed by atoms with E-state index >= 15 is 0 Å². The first kappa shape index (κ1) is 21.6. The molecule has 2 aliphatic heterocycles. The average molecular weight is 400 g/mol. The minimum absolute atomic E-state index is 0.0784. The van der Waals surface area contributed by atoms with Crippen LogP contribution in [-0.2, 0) is 11.2 Å². The van der Waals surface area contributed by atoms with Crippen molar-refractivity contribution in [2.45, 2.75) is 88.9 Å². The summed E-state index contributed by atoms with van der Waals surface area (Å²) < 4.78 is 0. The zero-order valence-electron chi connectivity index (χ0n) is 17.2. The lowest BCUT2D eigenvalue weighted by molar-refractivity contribution is -0.136. The monoisotopic (exact) mass is 399 g/mol. The summed E-state index contributed by atoms with van der Waals surface area (Å²) in [5.74, 6) is 0.283. The van der Waals surface area contributed by atoms with Crippen molar-refractivity contribution in [3.05, 3.63) is 35.9 Å². The summed E-state index contributed by atoms with van der Waals surface area (Å²) in [5.41, 5.74) is 1.16. The molecule has 0 radical (unpaired) electrons. The normalized spacial score (nSPS) is 20.5. The number of piperidine rings is 1. The van der Waals surface area contributed by atoms with Crippen molar-refractivity contribution in [3.63, 3.8) is 0 Å². The van der Waals surface area contributed by atoms with Crippen LogP contribution in [0.5, 0.6) is 0 Å². The molecule has 0 aromatic heterocycles. The van der Waals surface area contributed by atoms with Gasteiger partial charge in [-0.25, -0.2) is 0 Å². The van der Waals surface area contributed by atoms with Crippen molar-refractivity contribution in [1.29, 1.82) is 0 Å². The minimum Gasteiger partial charge on any atom is -0.393 e. The van der Waals surface area contributed by atoms with E-state index in [4.69, 9.17) is 0 Å². The summed E-state index contributed by atoms with van der Waals surface area (Å²) in [6, 6.07) is 10.4. The zero-order chi connectivity index (χ0) is 20.3. The van der Waals surface area contributed by atoms with Gasteiger partial charge >= 0.3 is 0 Å². The van der Waals surface area contributed by atoms with Gasteiger partial charge in [0.15, 0.2) is 6.17 Å². The molecule has 2 heterocycles. The Balaban J connectivity index is 1.35. The van der Waals surface area contributed by atoms with Crippen molar-refractivity contribution in [1.82, 2.24) is 4.90 Å². The second-order valence-corrected chi connectivity index (χ2v) is 8.15. The number of nitrogens with zero attached hydrogens (tertiary/aromatic N) is 5. The van der Waals surface area contributed by atoms with Crippen LogP contribution in [0.25, 0.3) is 0 Å². The lowest BCUT2D eigenvalue weighted by atomic mass is 9.94. The Bertz CT molecular complexity index is 667. The van der Waals surface area contributed by atoms with Gasteiger partial charge < -0.3 is 10.0 Å². The number of benzene rings is 1. The Labute approximate surface area is 173 Å². The predicted octanol–water partition coefficient (Wildman–Crippen LogP) is 4.86. The largest absolute Gasteiger partial charge is 0.393 e. The van der Waals surface area contributed by atoms with Crippen LogP contribution in [0.15, 0.2) is 51.0 Å². The van der Waals surface area contributed by atoms with Crippen LogP contribution in [0, 0.1) is 0 Å². The molecule has 29 heavy (non-hydrogen) atoms. The Hall–Kier alpha value is -2.15. The third-order valence-electron chi connectivity index (χ3n) is 5.86. The highest BCUT2D eigenvalue weighted by Crippen LogP contribution is 2.24. The van der Waals surface area contributed by atoms with E-state index in [9.17, 15) is 9.90 Å². The van der Waals surface area contributed by atoms with Crippen LogP contribution in [0.4, 0.5) is 0 Å². The first-order valence-electron chi connectivity index (χ1n) is 11.0. The Morgan fingerprint density at radius 1 is 1.03 bits per heavy atom. The van der Waals surface area contributed by atoms with Gasteiger partial charge in [0.05, 0.1) is 6.10 Å². The number of hydrogen-bond donors (Lipinski definition) is 1. The first-order chi connectivity index (χ1) is 14.2. The van der Waals surface area contributed by atoms with Gasteiger partial charge in [0.1, 0.15) is 0 Å². The number of carbonyl (C=O) groups excluding carboxylic acids is 1. The molecule has 1 fully saturated rings. The molecular weight excluding hydrogens is 366 g/mol. The fourth-order valence-corrected chi connectivity index (χ4v) is 4.24. The molecule has 7 nitrogen and oxygen atoms in total. The predicted molar refractivity (Wildman–Crippen MR) is 111 cm³/mol. The minimum atomic E-state index is -0.346. The number of likely N-dealkylation sites (tertiary alicyclic amines) is 1. The fraction of sp³-hybridized carbons (Fsp3) is 0.682. The zero-order valence-corrected chi connectivity index (χ0v) is 17.2. The molecule has 0 unspecified atom stereocenters. The molecule has 1 saturated heterocycles. The van der Waals surface area contributed by atoms with Crippen molar-refractivity contribution in [3.8, 4) is 0 Å². The maximum atomic E-state index is 12.5. The SMILES string of the molecule is O=C1CCC[C@H](CC[C@H](O)Cc2ccccc2)N1CCCCCCC1N=NN=N1. The van der Waals surface area contributed by atoms with Crippen molar-refractivity contribution in [2.24, 2.45) is 20.7 Å². The van der Waals surface area contributed by atoms with Gasteiger partial charge in [-0.3, -0.25) is 4.79 Å². The van der Waals surface area contributed by atoms with E-state index < -0.39 is 0 Å². The number of unbranched alkanes of at least 4 members (excludes halogenated alkanes) is 3. The van der Waals surface area contributed by atoms with E-state index in [2.05, 4.69) is 37.7 Å². The number of carbonyl (C=O) groups is 1. The molecule has 158 valence electrons. The second-order valence-electron chi connectivity index (χ2n) is 8.15. The van der Waals surface area contributed by atoms with Crippen LogP contribution >= 0.6 is 0 Å². The van der Waals surface area contributed by atoms with Gasteiger partial charge in [0, 0.05) is 19.0 Å². The second kappa shape index (κ2) is 11.8. The summed E-state index contributed by atoms with van der Waals surface area (Å²) in [4.78, 5) is 14.5. The van der Waals surface area contributed by atoms with Crippen LogP contribution in [0.2, 0.25) is 0 Å². The number of amides is 1. The molecule has 1 aromatic rings. The third-order valence-corrected chi connectivity index (χ3v) is 5.86. The number of hydrogen-bond acceptors (Lipinski definition) is 6. The van der Waals surface area contributed by atoms with E-state index in [0.29, 0.717) is 12.8 Å². The maximum absolute atomic E-state index is 12.5. The quantitative estimate of drug-likeness (QED) is 0.509. The number of aliphatic hydroxyl groups is 1. The topological polar surface area (TPSA) is 90.0 Å². The van der Waals surface area contributed by atoms with Gasteiger partial charge in [-0.2, -0.15) is 0 Å². The van der Waals surface area contributed by atoms with Crippen LogP contribution in [-0.4, -0.2) is 40.8 Å². The molecule has 2 atom stereocenters. The Kier molecular flexibility index (Phi) is 8.74. The van der Waals surface area contributed by atoms with E-state index in [1.807, 2.05) is 18.2 Å². The van der Waals surface area contributed by atoms with Crippen LogP contribution < -0.4 is 0 Å². The molecule has 7 heteroatoms. The highest BCUT2D eigenvalue weighted by atomic mass is 16.3. The molecule has 0 bridgehead atoms. The molecule has 0 aliphatic carbocycles. The molecule has 2 aliphatic rings. The Morgan fingerprint density at radius 2 is 1.79 bits per heavy atom. The standard InChI is InChI=1S/C22H33N5O2/c28-20(17-18-9-4-3-5-10-18)15-14-19-11-8-13-22(29)27(19)16-7-2-1-6-12-21-23-25-26-24-21/h3-5,9-10,19-21,28H,1-2,6-8,11-17H2/t19-,20+/m1/s1. The smallest absolute Gasteiger partial charge is 0.222 e. The summed E-state index contributed by atoms with van der Waals surface area (Å²) in [7, 11) is 0. The lowest BCUT2D eigenvalue weighted by Crippen LogP contribution is -2.44. The number of rotatable bonds is 12. The molecular formula is C22H33N5O2. The molecule has 1 amide bonds. The first-order valence-corrected chi connectivity index (χ1v) is 11.0. The van der Waals surface area contributed by atoms with E-state index in [1.165, 1.54) is 0 Å². The van der Waals surface area contributed by atoms with Crippen molar-refractivity contribution >= 4 is 5.91 Å². The van der Waals surface area contributed by atoms with E-state index in [1.54, 1.807) is 0 Å². The van der Waals surface area contributed by atoms with E-state index in [0.717, 1.165) is 69.9 Å². The fourth-order valence-electron chi connectivity index (χ4n) is 4.24. The van der Waals surface area contributed by atoms with Gasteiger partial charge in [-0.15, -0.1) is 10.2 Å². The van der Waals surface area contributed by atoms with Gasteiger partial charge in [-0.1, -0.05) is 43.2 Å². The number of aliphatic hydroxyl groups excluding tert-OH is 1. The van der Waals surface area contributed by atoms with Crippen LogP contribution in [0.3, 0.4) is 0 Å². The Morgan fingerprint density at radius 3 is 2.59 bits per heavy atom. The average Bonchev–Trinajstić information content (AvgIpc) is 3.24. The molecule has 0 spiro atoms. The van der Waals surface area contributed by atoms with Gasteiger partial charge in [0.2, 0.25) is 5.91 Å². The summed E-state index contributed by atoms with van der Waals surface area (Å²) >= 11 is 0. The summed E-state index contributed by atoms with van der Waals surface area (Å²) in [6.07, 6.45) is 9.80. The summed E-state index contributed by atoms with van der Waals surface area (Å²) in [5, 5.41) is 25.3. The van der Waals surface area contributed by atoms with Crippen molar-refractivity contribution < 1.29 is 9.90 Å². The highest BCUT2D eigenvalue weighted by molar-refractivity contribution is 5.77. The molecule has 1 aromatic carbocycles. The van der Waals surface area contributed by atoms with Crippen LogP contribution in [0.1, 0.15) is 69.8 Å². The summed E-state index contributed by atoms with van der Waals surface area (Å²) in [6.45, 7) is 0.834. The lowest BCUT2D eigenvalue weighted by Gasteiger charge is -2.36. The van der Waals surface area contributed by atoms with Crippen molar-refractivity contribution in [2.75, 3.05) is 6.54 Å². The van der Waals surface area contributed by atoms with E-state index in [-0.39, 0.29) is 24.2 Å². The molecule has 0 saturated carbocycles. The van der Waals surface area contributed by atoms with Gasteiger partial charge in [0.25, 0.3) is 0 Å². The maximum Gasteiger partial charge on any atom is 0.222 e. The van der Waals surface area contributed by atoms with Gasteiger partial charge in [-0.05, 0) is 67.4 Å². The molecule has 3 rings (SSSR count). The molecule has 1 N–H and O–H groups in total.